The number of hydrogen-bond donors (Lipinski definition) is 10. The molecule has 8 unspecified atom stereocenters. The highest BCUT2D eigenvalue weighted by molar-refractivity contribution is 5.98. The number of aliphatic carboxylic acids is 3. The molecule has 0 spiro atoms. The second-order valence-corrected chi connectivity index (χ2v) is 16.8. The predicted molar refractivity (Wildman–Crippen MR) is 250 cm³/mol. The van der Waals surface area contributed by atoms with Crippen LogP contribution in [0.2, 0.25) is 0 Å². The van der Waals surface area contributed by atoms with Crippen molar-refractivity contribution in [3.63, 3.8) is 0 Å². The van der Waals surface area contributed by atoms with E-state index in [-0.39, 0.29) is 6.42 Å². The van der Waals surface area contributed by atoms with Gasteiger partial charge in [0.05, 0.1) is 6.42 Å². The van der Waals surface area contributed by atoms with Crippen LogP contribution in [0.15, 0.2) is 91.1 Å². The van der Waals surface area contributed by atoms with Gasteiger partial charge < -0.3 is 52.2 Å². The van der Waals surface area contributed by atoms with E-state index in [9.17, 15) is 58.5 Å². The Morgan fingerprint density at radius 2 is 1.01 bits per heavy atom. The molecule has 0 bridgehead atoms. The van der Waals surface area contributed by atoms with E-state index in [1.807, 2.05) is 18.2 Å². The number of amides is 6. The van der Waals surface area contributed by atoms with Gasteiger partial charge >= 0.3 is 17.9 Å². The van der Waals surface area contributed by atoms with Crippen molar-refractivity contribution < 1.29 is 58.5 Å². The van der Waals surface area contributed by atoms with E-state index in [1.165, 1.54) is 6.92 Å². The molecular formula is C49H61N7O12. The van der Waals surface area contributed by atoms with Crippen LogP contribution in [-0.4, -0.2) is 110 Å². The quantitative estimate of drug-likeness (QED) is 0.0435. The fraction of sp³-hybridized carbons (Fsp3) is 0.408. The molecule has 0 fully saturated rings. The third-order valence-electron chi connectivity index (χ3n) is 11.9. The highest BCUT2D eigenvalue weighted by Crippen LogP contribution is 2.29. The average molecular weight is 940 g/mol. The largest absolute Gasteiger partial charge is 0.481 e. The normalized spacial score (nSPS) is 14.7. The first-order valence-electron chi connectivity index (χ1n) is 22.4. The molecule has 10 N–H and O–H groups in total. The minimum atomic E-state index is -1.87. The van der Waals surface area contributed by atoms with Crippen LogP contribution < -0.4 is 31.9 Å². The molecule has 0 saturated heterocycles. The molecule has 19 heteroatoms. The summed E-state index contributed by atoms with van der Waals surface area (Å²) in [6, 6.07) is 15.8. The van der Waals surface area contributed by atoms with Crippen molar-refractivity contribution in [3.8, 4) is 0 Å². The fourth-order valence-electron chi connectivity index (χ4n) is 7.75. The molecular weight excluding hydrogens is 879 g/mol. The number of rotatable bonds is 26. The molecule has 1 heterocycles. The Hall–Kier alpha value is -7.57. The van der Waals surface area contributed by atoms with Gasteiger partial charge in [0.1, 0.15) is 36.3 Å². The molecule has 68 heavy (non-hydrogen) atoms. The standard InChI is InChI=1S/C49H61N7O12/c1-6-27(3)41(46(64)54-37(49(67)68)24-32-26-50-34-21-15-14-20-33(32)34)56-47(65)42(28(4)7-2)55-45(63)36(25-39(60)61)53-44(62)35(22-23-38(58)59)52-48(66)43(51-29(5)57)40(30-16-10-8-11-17-30)31-18-12-9-13-19-31/h8-21,26-28,35-37,40-43,50H,6-7,22-25H2,1-5H3,(H,51,57)(H,52,66)(H,53,62)(H,54,64)(H,55,63)(H,56,65)(H,58,59)(H,60,61)(H,67,68). The Balaban J connectivity index is 1.57. The molecule has 1 aromatic heterocycles. The van der Waals surface area contributed by atoms with E-state index in [0.717, 1.165) is 10.9 Å². The summed E-state index contributed by atoms with van der Waals surface area (Å²) in [7, 11) is 0. The van der Waals surface area contributed by atoms with Crippen molar-refractivity contribution in [2.24, 2.45) is 11.8 Å². The number of hydrogen-bond acceptors (Lipinski definition) is 9. The number of aromatic amines is 1. The second-order valence-electron chi connectivity index (χ2n) is 16.8. The van der Waals surface area contributed by atoms with Crippen LogP contribution in [0, 0.1) is 11.8 Å². The van der Waals surface area contributed by atoms with Gasteiger partial charge in [-0.3, -0.25) is 38.4 Å². The van der Waals surface area contributed by atoms with Gasteiger partial charge in [-0.15, -0.1) is 0 Å². The summed E-state index contributed by atoms with van der Waals surface area (Å²) in [5.41, 5.74) is 2.67. The number of carbonyl (C=O) groups is 9. The highest BCUT2D eigenvalue weighted by Gasteiger charge is 2.38. The molecule has 0 radical (unpaired) electrons. The molecule has 0 aliphatic rings. The van der Waals surface area contributed by atoms with Crippen LogP contribution >= 0.6 is 0 Å². The molecule has 0 aliphatic heterocycles. The van der Waals surface area contributed by atoms with E-state index >= 15 is 0 Å². The van der Waals surface area contributed by atoms with Gasteiger partial charge in [0.2, 0.25) is 35.4 Å². The van der Waals surface area contributed by atoms with Crippen LogP contribution in [0.3, 0.4) is 0 Å². The predicted octanol–water partition coefficient (Wildman–Crippen LogP) is 2.99. The van der Waals surface area contributed by atoms with Crippen LogP contribution in [0.5, 0.6) is 0 Å². The van der Waals surface area contributed by atoms with Crippen LogP contribution in [-0.2, 0) is 49.6 Å². The number of fused-ring (bicyclic) bond motifs is 1. The molecule has 8 atom stereocenters. The molecule has 4 rings (SSSR count). The Morgan fingerprint density at radius 3 is 1.53 bits per heavy atom. The fourth-order valence-corrected chi connectivity index (χ4v) is 7.75. The number of aromatic nitrogens is 1. The van der Waals surface area contributed by atoms with Crippen molar-refractivity contribution in [2.45, 2.75) is 115 Å². The maximum absolute atomic E-state index is 14.2. The van der Waals surface area contributed by atoms with E-state index in [0.29, 0.717) is 29.5 Å². The SMILES string of the molecule is CCC(C)C(NC(=O)C(CC(=O)O)NC(=O)C(CCC(=O)O)NC(=O)C(NC(C)=O)C(c1ccccc1)c1ccccc1)C(=O)NC(C(=O)NC(Cc1c[nH]c2ccccc12)C(=O)O)C(C)CC. The lowest BCUT2D eigenvalue weighted by Gasteiger charge is -2.31. The van der Waals surface area contributed by atoms with Gasteiger partial charge in [0.25, 0.3) is 0 Å². The van der Waals surface area contributed by atoms with Crippen molar-refractivity contribution >= 4 is 64.3 Å². The summed E-state index contributed by atoms with van der Waals surface area (Å²) in [6.07, 6.45) is 0.0933. The highest BCUT2D eigenvalue weighted by atomic mass is 16.4. The van der Waals surface area contributed by atoms with Crippen LogP contribution in [0.25, 0.3) is 10.9 Å². The van der Waals surface area contributed by atoms with Gasteiger partial charge in [0.15, 0.2) is 0 Å². The first-order chi connectivity index (χ1) is 32.3. The number of H-pyrrole nitrogens is 1. The van der Waals surface area contributed by atoms with Gasteiger partial charge in [-0.1, -0.05) is 119 Å². The molecule has 0 aliphatic carbocycles. The Labute approximate surface area is 393 Å². The number of nitrogens with one attached hydrogen (secondary N) is 7. The smallest absolute Gasteiger partial charge is 0.326 e. The molecule has 3 aromatic carbocycles. The zero-order valence-corrected chi connectivity index (χ0v) is 38.6. The van der Waals surface area contributed by atoms with Gasteiger partial charge in [-0.25, -0.2) is 4.79 Å². The van der Waals surface area contributed by atoms with Crippen molar-refractivity contribution in [1.29, 1.82) is 0 Å². The molecule has 364 valence electrons. The summed E-state index contributed by atoms with van der Waals surface area (Å²) < 4.78 is 0. The lowest BCUT2D eigenvalue weighted by atomic mass is 9.84. The van der Waals surface area contributed by atoms with Gasteiger partial charge in [0, 0.05) is 42.8 Å². The number of para-hydroxylation sites is 1. The number of benzene rings is 3. The first-order valence-corrected chi connectivity index (χ1v) is 22.4. The molecule has 19 nitrogen and oxygen atoms in total. The van der Waals surface area contributed by atoms with E-state index in [1.54, 1.807) is 101 Å². The van der Waals surface area contributed by atoms with Crippen LogP contribution in [0.1, 0.15) is 89.3 Å². The lowest BCUT2D eigenvalue weighted by Crippen LogP contribution is -2.61. The second kappa shape index (κ2) is 25.4. The Bertz CT molecular complexity index is 2370. The summed E-state index contributed by atoms with van der Waals surface area (Å²) in [5.74, 6) is -11.5. The number of carbonyl (C=O) groups excluding carboxylic acids is 6. The molecule has 4 aromatic rings. The number of carboxylic acids is 3. The topological polar surface area (TPSA) is 302 Å². The van der Waals surface area contributed by atoms with Gasteiger partial charge in [-0.05, 0) is 41.0 Å². The van der Waals surface area contributed by atoms with E-state index in [2.05, 4.69) is 36.9 Å². The molecule has 0 saturated carbocycles. The summed E-state index contributed by atoms with van der Waals surface area (Å²) in [5, 5.41) is 45.6. The van der Waals surface area contributed by atoms with Gasteiger partial charge in [-0.2, -0.15) is 0 Å². The first kappa shape index (κ1) is 53.0. The lowest BCUT2D eigenvalue weighted by molar-refractivity contribution is -0.142. The summed E-state index contributed by atoms with van der Waals surface area (Å²) >= 11 is 0. The Morgan fingerprint density at radius 1 is 0.544 bits per heavy atom. The van der Waals surface area contributed by atoms with Crippen molar-refractivity contribution in [3.05, 3.63) is 108 Å². The minimum Gasteiger partial charge on any atom is -0.481 e. The van der Waals surface area contributed by atoms with E-state index in [4.69, 9.17) is 0 Å². The zero-order valence-electron chi connectivity index (χ0n) is 38.6. The van der Waals surface area contributed by atoms with E-state index < -0.39 is 127 Å². The average Bonchev–Trinajstić information content (AvgIpc) is 3.72. The minimum absolute atomic E-state index is 0.0763. The zero-order chi connectivity index (χ0) is 50.1. The summed E-state index contributed by atoms with van der Waals surface area (Å²) in [4.78, 5) is 122. The maximum Gasteiger partial charge on any atom is 0.326 e. The third kappa shape index (κ3) is 15.0. The number of carboxylic acid groups (broad SMARTS) is 3. The molecule has 6 amide bonds. The van der Waals surface area contributed by atoms with Crippen LogP contribution in [0.4, 0.5) is 0 Å². The van der Waals surface area contributed by atoms with Crippen molar-refractivity contribution in [1.82, 2.24) is 36.9 Å². The summed E-state index contributed by atoms with van der Waals surface area (Å²) in [6.45, 7) is 7.99. The third-order valence-corrected chi connectivity index (χ3v) is 11.9. The van der Waals surface area contributed by atoms with Crippen molar-refractivity contribution in [2.75, 3.05) is 0 Å². The maximum atomic E-state index is 14.2. The Kier molecular flexibility index (Phi) is 19.8. The monoisotopic (exact) mass is 939 g/mol.